The van der Waals surface area contributed by atoms with Gasteiger partial charge in [-0.3, -0.25) is 4.79 Å². The zero-order valence-electron chi connectivity index (χ0n) is 13.7. The second kappa shape index (κ2) is 7.41. The van der Waals surface area contributed by atoms with Crippen molar-refractivity contribution >= 4 is 39.8 Å². The fourth-order valence-corrected chi connectivity index (χ4v) is 3.14. The fourth-order valence-electron chi connectivity index (χ4n) is 2.58. The lowest BCUT2D eigenvalue weighted by atomic mass is 10.1. The first-order chi connectivity index (χ1) is 11.7. The summed E-state index contributed by atoms with van der Waals surface area (Å²) in [6.07, 6.45) is 2.00. The lowest BCUT2D eigenvalue weighted by Gasteiger charge is -2.17. The third-order valence-electron chi connectivity index (χ3n) is 3.89. The molecule has 0 radical (unpaired) electrons. The number of nitrogens with one attached hydrogen (secondary N) is 2. The van der Waals surface area contributed by atoms with Gasteiger partial charge in [0.15, 0.2) is 0 Å². The summed E-state index contributed by atoms with van der Waals surface area (Å²) in [6.45, 7) is 1.87. The minimum absolute atomic E-state index is 0.0512. The molecule has 3 aromatic rings. The van der Waals surface area contributed by atoms with E-state index < -0.39 is 0 Å². The van der Waals surface area contributed by atoms with E-state index in [-0.39, 0.29) is 11.9 Å². The molecule has 24 heavy (non-hydrogen) atoms. The van der Waals surface area contributed by atoms with Crippen molar-refractivity contribution in [3.8, 4) is 0 Å². The molecule has 3 nitrogen and oxygen atoms in total. The molecule has 2 N–H and O–H groups in total. The molecule has 0 saturated carbocycles. The van der Waals surface area contributed by atoms with Crippen molar-refractivity contribution in [3.05, 3.63) is 66.7 Å². The third-order valence-corrected chi connectivity index (χ3v) is 4.69. The Balaban J connectivity index is 1.71. The van der Waals surface area contributed by atoms with Crippen LogP contribution in [0.15, 0.2) is 71.6 Å². The summed E-state index contributed by atoms with van der Waals surface area (Å²) in [5.41, 5.74) is 1.79. The normalized spacial score (nSPS) is 11.9. The lowest BCUT2D eigenvalue weighted by Crippen LogP contribution is -2.32. The Labute approximate surface area is 146 Å². The molecule has 0 heterocycles. The zero-order chi connectivity index (χ0) is 16.9. The van der Waals surface area contributed by atoms with Gasteiger partial charge in [0.25, 0.3) is 0 Å². The maximum Gasteiger partial charge on any atom is 0.246 e. The molecule has 3 aromatic carbocycles. The van der Waals surface area contributed by atoms with Crippen LogP contribution < -0.4 is 10.6 Å². The quantitative estimate of drug-likeness (QED) is 0.644. The monoisotopic (exact) mass is 336 g/mol. The number of amides is 1. The number of rotatable bonds is 5. The second-order valence-corrected chi connectivity index (χ2v) is 6.47. The highest BCUT2D eigenvalue weighted by Gasteiger charge is 2.14. The van der Waals surface area contributed by atoms with E-state index in [1.165, 1.54) is 5.39 Å². The van der Waals surface area contributed by atoms with Crippen LogP contribution in [0, 0.1) is 0 Å². The molecule has 3 rings (SSSR count). The molecule has 0 spiro atoms. The number of benzene rings is 3. The number of carbonyl (C=O) groups excluding carboxylic acids is 1. The van der Waals surface area contributed by atoms with Gasteiger partial charge < -0.3 is 10.6 Å². The Morgan fingerprint density at radius 2 is 1.67 bits per heavy atom. The average molecular weight is 336 g/mol. The average Bonchev–Trinajstić information content (AvgIpc) is 2.62. The molecule has 0 aliphatic rings. The lowest BCUT2D eigenvalue weighted by molar-refractivity contribution is -0.116. The number of carbonyl (C=O) groups is 1. The van der Waals surface area contributed by atoms with Crippen LogP contribution in [0.1, 0.15) is 6.92 Å². The highest BCUT2D eigenvalue weighted by atomic mass is 32.2. The molecule has 122 valence electrons. The first kappa shape index (κ1) is 16.4. The molecule has 4 heteroatoms. The summed E-state index contributed by atoms with van der Waals surface area (Å²) < 4.78 is 0. The van der Waals surface area contributed by atoms with Crippen molar-refractivity contribution in [1.29, 1.82) is 0 Å². The summed E-state index contributed by atoms with van der Waals surface area (Å²) in [5.74, 6) is -0.0512. The number of para-hydroxylation sites is 1. The van der Waals surface area contributed by atoms with Crippen molar-refractivity contribution in [2.24, 2.45) is 0 Å². The van der Waals surface area contributed by atoms with Crippen LogP contribution in [-0.2, 0) is 4.79 Å². The first-order valence-electron chi connectivity index (χ1n) is 7.86. The molecule has 0 saturated heterocycles. The summed E-state index contributed by atoms with van der Waals surface area (Å²) in [7, 11) is 0. The Morgan fingerprint density at radius 3 is 2.46 bits per heavy atom. The van der Waals surface area contributed by atoms with Crippen LogP contribution in [0.25, 0.3) is 10.8 Å². The van der Waals surface area contributed by atoms with Gasteiger partial charge in [-0.15, -0.1) is 11.8 Å². The minimum Gasteiger partial charge on any atom is -0.374 e. The number of thioether (sulfide) groups is 1. The molecular formula is C20H20N2OS. The van der Waals surface area contributed by atoms with Crippen LogP contribution in [-0.4, -0.2) is 18.2 Å². The molecule has 0 aromatic heterocycles. The smallest absolute Gasteiger partial charge is 0.246 e. The van der Waals surface area contributed by atoms with E-state index in [1.54, 1.807) is 11.8 Å². The molecule has 0 bridgehead atoms. The molecule has 1 amide bonds. The Morgan fingerprint density at radius 1 is 0.958 bits per heavy atom. The second-order valence-electron chi connectivity index (χ2n) is 5.62. The summed E-state index contributed by atoms with van der Waals surface area (Å²) >= 11 is 1.62. The van der Waals surface area contributed by atoms with Crippen molar-refractivity contribution < 1.29 is 4.79 Å². The highest BCUT2D eigenvalue weighted by Crippen LogP contribution is 2.25. The molecular weight excluding hydrogens is 316 g/mol. The van der Waals surface area contributed by atoms with Gasteiger partial charge in [-0.2, -0.15) is 0 Å². The predicted molar refractivity (Wildman–Crippen MR) is 104 cm³/mol. The van der Waals surface area contributed by atoms with Gasteiger partial charge in [0, 0.05) is 10.6 Å². The van der Waals surface area contributed by atoms with E-state index in [4.69, 9.17) is 0 Å². The maximum atomic E-state index is 12.5. The minimum atomic E-state index is -0.332. The van der Waals surface area contributed by atoms with Crippen molar-refractivity contribution in [1.82, 2.24) is 0 Å². The van der Waals surface area contributed by atoms with E-state index >= 15 is 0 Å². The Kier molecular flexibility index (Phi) is 5.06. The van der Waals surface area contributed by atoms with Crippen LogP contribution in [0.3, 0.4) is 0 Å². The first-order valence-corrected chi connectivity index (χ1v) is 9.09. The highest BCUT2D eigenvalue weighted by molar-refractivity contribution is 7.98. The van der Waals surface area contributed by atoms with E-state index in [1.807, 2.05) is 55.6 Å². The van der Waals surface area contributed by atoms with Gasteiger partial charge in [-0.05, 0) is 48.2 Å². The van der Waals surface area contributed by atoms with Crippen molar-refractivity contribution in [2.75, 3.05) is 16.9 Å². The van der Waals surface area contributed by atoms with Gasteiger partial charge in [0.1, 0.15) is 6.04 Å². The molecule has 0 aliphatic heterocycles. The molecule has 1 atom stereocenters. The van der Waals surface area contributed by atoms with Gasteiger partial charge >= 0.3 is 0 Å². The van der Waals surface area contributed by atoms with Crippen LogP contribution in [0.5, 0.6) is 0 Å². The van der Waals surface area contributed by atoms with Gasteiger partial charge in [-0.1, -0.05) is 42.5 Å². The Hall–Kier alpha value is -2.46. The summed E-state index contributed by atoms with van der Waals surface area (Å²) in [4.78, 5) is 13.5. The van der Waals surface area contributed by atoms with Gasteiger partial charge in [-0.25, -0.2) is 0 Å². The summed E-state index contributed by atoms with van der Waals surface area (Å²) in [6, 6.07) is 21.8. The van der Waals surface area contributed by atoms with Crippen molar-refractivity contribution in [3.63, 3.8) is 0 Å². The zero-order valence-corrected chi connectivity index (χ0v) is 14.6. The number of hydrogen-bond donors (Lipinski definition) is 2. The number of fused-ring (bicyclic) bond motifs is 1. The van der Waals surface area contributed by atoms with E-state index in [0.717, 1.165) is 21.7 Å². The van der Waals surface area contributed by atoms with E-state index in [0.29, 0.717) is 0 Å². The molecule has 0 fully saturated rings. The summed E-state index contributed by atoms with van der Waals surface area (Å²) in [5, 5.41) is 8.61. The van der Waals surface area contributed by atoms with Crippen molar-refractivity contribution in [2.45, 2.75) is 17.9 Å². The SMILES string of the molecule is CSc1ccccc1NC(=O)[C@H](C)Nc1ccc2ccccc2c1. The molecule has 0 unspecified atom stereocenters. The Bertz CT molecular complexity index is 863. The van der Waals surface area contributed by atoms with E-state index in [9.17, 15) is 4.79 Å². The van der Waals surface area contributed by atoms with Crippen LogP contribution >= 0.6 is 11.8 Å². The predicted octanol–water partition coefficient (Wildman–Crippen LogP) is 5.00. The fraction of sp³-hybridized carbons (Fsp3) is 0.150. The topological polar surface area (TPSA) is 41.1 Å². The van der Waals surface area contributed by atoms with Gasteiger partial charge in [0.2, 0.25) is 5.91 Å². The third kappa shape index (κ3) is 3.71. The van der Waals surface area contributed by atoms with E-state index in [2.05, 4.69) is 34.9 Å². The number of anilines is 2. The maximum absolute atomic E-state index is 12.5. The van der Waals surface area contributed by atoms with Gasteiger partial charge in [0.05, 0.1) is 5.69 Å². The van der Waals surface area contributed by atoms with Crippen LogP contribution in [0.2, 0.25) is 0 Å². The largest absolute Gasteiger partial charge is 0.374 e. The standard InChI is InChI=1S/C20H20N2OS/c1-14(20(23)22-18-9-5-6-10-19(18)24-2)21-17-12-11-15-7-3-4-8-16(15)13-17/h3-14,21H,1-2H3,(H,22,23)/t14-/m0/s1. The number of hydrogen-bond acceptors (Lipinski definition) is 3. The van der Waals surface area contributed by atoms with Crippen LogP contribution in [0.4, 0.5) is 11.4 Å². The molecule has 0 aliphatic carbocycles.